The number of nitrogens with one attached hydrogen (secondary N) is 1. The van der Waals surface area contributed by atoms with Gasteiger partial charge in [-0.15, -0.1) is 0 Å². The Bertz CT molecular complexity index is 866. The Balaban J connectivity index is 1.57. The van der Waals surface area contributed by atoms with Gasteiger partial charge in [-0.05, 0) is 32.0 Å². The minimum Gasteiger partial charge on any atom is -0.368 e. The molecule has 30 heavy (non-hydrogen) atoms. The van der Waals surface area contributed by atoms with E-state index in [-0.39, 0.29) is 5.92 Å². The molecule has 1 unspecified atom stereocenters. The Morgan fingerprint density at radius 2 is 1.93 bits per heavy atom. The molecule has 0 radical (unpaired) electrons. The number of hydrogen-bond donors (Lipinski definition) is 1. The molecule has 0 saturated carbocycles. The summed E-state index contributed by atoms with van der Waals surface area (Å²) in [5, 5.41) is 7.42. The minimum atomic E-state index is -4.33. The van der Waals surface area contributed by atoms with Crippen molar-refractivity contribution in [1.29, 1.82) is 0 Å². The first-order valence-electron chi connectivity index (χ1n) is 10.0. The summed E-state index contributed by atoms with van der Waals surface area (Å²) in [6, 6.07) is 5.50. The molecule has 1 fully saturated rings. The highest BCUT2D eigenvalue weighted by Crippen LogP contribution is 2.32. The van der Waals surface area contributed by atoms with Crippen LogP contribution in [0.25, 0.3) is 0 Å². The van der Waals surface area contributed by atoms with E-state index in [2.05, 4.69) is 27.3 Å². The molecule has 2 aromatic rings. The molecule has 1 aromatic carbocycles. The third kappa shape index (κ3) is 4.88. The van der Waals surface area contributed by atoms with E-state index in [0.717, 1.165) is 29.0 Å². The smallest absolute Gasteiger partial charge is 0.368 e. The number of guanidine groups is 1. The van der Waals surface area contributed by atoms with E-state index < -0.39 is 11.7 Å². The number of piperazine rings is 1. The molecule has 0 amide bonds. The van der Waals surface area contributed by atoms with Crippen LogP contribution >= 0.6 is 0 Å². The monoisotopic (exact) mass is 423 g/mol. The van der Waals surface area contributed by atoms with E-state index in [0.29, 0.717) is 38.4 Å². The van der Waals surface area contributed by atoms with Crippen LogP contribution in [0, 0.1) is 13.8 Å². The molecule has 1 N–H and O–H groups in total. The first-order valence-corrected chi connectivity index (χ1v) is 10.0. The second kappa shape index (κ2) is 8.97. The molecule has 1 aromatic heterocycles. The van der Waals surface area contributed by atoms with Gasteiger partial charge in [-0.2, -0.15) is 13.2 Å². The lowest BCUT2D eigenvalue weighted by molar-refractivity contribution is -0.137. The van der Waals surface area contributed by atoms with E-state index in [1.165, 1.54) is 12.1 Å². The summed E-state index contributed by atoms with van der Waals surface area (Å²) in [7, 11) is 1.74. The zero-order valence-electron chi connectivity index (χ0n) is 17.8. The zero-order valence-corrected chi connectivity index (χ0v) is 17.8. The van der Waals surface area contributed by atoms with Gasteiger partial charge in [0.05, 0.1) is 11.3 Å². The summed E-state index contributed by atoms with van der Waals surface area (Å²) in [5.74, 6) is 1.82. The average molecular weight is 423 g/mol. The molecule has 0 aliphatic carbocycles. The molecule has 164 valence electrons. The number of alkyl halides is 3. The van der Waals surface area contributed by atoms with E-state index in [9.17, 15) is 13.2 Å². The number of anilines is 1. The van der Waals surface area contributed by atoms with Gasteiger partial charge in [0.25, 0.3) is 0 Å². The van der Waals surface area contributed by atoms with E-state index in [1.807, 2.05) is 18.7 Å². The highest BCUT2D eigenvalue weighted by atomic mass is 19.4. The van der Waals surface area contributed by atoms with Gasteiger partial charge in [-0.1, -0.05) is 18.1 Å². The van der Waals surface area contributed by atoms with Crippen molar-refractivity contribution in [2.75, 3.05) is 44.7 Å². The van der Waals surface area contributed by atoms with Crippen LogP contribution in [0.1, 0.15) is 35.4 Å². The second-order valence-corrected chi connectivity index (χ2v) is 7.59. The van der Waals surface area contributed by atoms with Crippen LogP contribution in [-0.2, 0) is 6.18 Å². The van der Waals surface area contributed by atoms with Gasteiger partial charge in [-0.25, -0.2) is 0 Å². The van der Waals surface area contributed by atoms with Gasteiger partial charge < -0.3 is 19.6 Å². The second-order valence-electron chi connectivity index (χ2n) is 7.59. The minimum absolute atomic E-state index is 0.208. The first kappa shape index (κ1) is 22.0. The van der Waals surface area contributed by atoms with Crippen LogP contribution < -0.4 is 10.2 Å². The Kier molecular flexibility index (Phi) is 6.58. The fourth-order valence-corrected chi connectivity index (χ4v) is 3.93. The largest absolute Gasteiger partial charge is 0.416 e. The number of aryl methyl sites for hydroxylation is 2. The van der Waals surface area contributed by atoms with Crippen LogP contribution in [0.2, 0.25) is 0 Å². The van der Waals surface area contributed by atoms with Crippen LogP contribution in [0.15, 0.2) is 33.8 Å². The number of aromatic nitrogens is 1. The normalized spacial score (nSPS) is 16.7. The maximum Gasteiger partial charge on any atom is 0.416 e. The molecule has 1 saturated heterocycles. The fourth-order valence-electron chi connectivity index (χ4n) is 3.93. The van der Waals surface area contributed by atoms with Crippen molar-refractivity contribution < 1.29 is 17.7 Å². The SMILES string of the molecule is CN=C(NCC(C)c1c(C)noc1C)N1CCN(c2cccc(C(F)(F)F)c2)CC1. The standard InChI is InChI=1S/C21H28F3N5O/c1-14(19-15(2)27-30-16(19)3)13-26-20(25-4)29-10-8-28(9-11-29)18-7-5-6-17(12-18)21(22,23)24/h5-7,12,14H,8-11,13H2,1-4H3,(H,25,26). The van der Waals surface area contributed by atoms with Gasteiger partial charge in [0.1, 0.15) is 5.76 Å². The molecule has 1 aliphatic rings. The van der Waals surface area contributed by atoms with Gasteiger partial charge in [0.15, 0.2) is 5.96 Å². The van der Waals surface area contributed by atoms with Crippen molar-refractivity contribution in [3.8, 4) is 0 Å². The lowest BCUT2D eigenvalue weighted by atomic mass is 10.00. The van der Waals surface area contributed by atoms with Gasteiger partial charge in [-0.3, -0.25) is 4.99 Å². The highest BCUT2D eigenvalue weighted by Gasteiger charge is 2.31. The Labute approximate surface area is 174 Å². The number of nitrogens with zero attached hydrogens (tertiary/aromatic N) is 4. The van der Waals surface area contributed by atoms with Gasteiger partial charge >= 0.3 is 6.18 Å². The van der Waals surface area contributed by atoms with Crippen LogP contribution in [-0.4, -0.2) is 55.8 Å². The lowest BCUT2D eigenvalue weighted by Crippen LogP contribution is -2.53. The van der Waals surface area contributed by atoms with Crippen molar-refractivity contribution >= 4 is 11.6 Å². The molecule has 0 spiro atoms. The topological polar surface area (TPSA) is 56.9 Å². The molecule has 3 rings (SSSR count). The van der Waals surface area contributed by atoms with Crippen molar-refractivity contribution in [1.82, 2.24) is 15.4 Å². The maximum absolute atomic E-state index is 13.0. The molecule has 0 bridgehead atoms. The molecule has 1 atom stereocenters. The molecular weight excluding hydrogens is 395 g/mol. The number of hydrogen-bond acceptors (Lipinski definition) is 4. The number of halogens is 3. The maximum atomic E-state index is 13.0. The highest BCUT2D eigenvalue weighted by molar-refractivity contribution is 5.80. The Morgan fingerprint density at radius 1 is 1.23 bits per heavy atom. The molecule has 2 heterocycles. The summed E-state index contributed by atoms with van der Waals surface area (Å²) >= 11 is 0. The van der Waals surface area contributed by atoms with Crippen LogP contribution in [0.3, 0.4) is 0 Å². The predicted octanol–water partition coefficient (Wildman–Crippen LogP) is 3.81. The van der Waals surface area contributed by atoms with Crippen LogP contribution in [0.4, 0.5) is 18.9 Å². The molecular formula is C21H28F3N5O. The molecule has 9 heteroatoms. The molecule has 6 nitrogen and oxygen atoms in total. The van der Waals surface area contributed by atoms with E-state index in [4.69, 9.17) is 4.52 Å². The Hall–Kier alpha value is -2.71. The van der Waals surface area contributed by atoms with Crippen molar-refractivity contribution in [3.05, 3.63) is 46.8 Å². The first-order chi connectivity index (χ1) is 14.2. The average Bonchev–Trinajstić information content (AvgIpc) is 3.06. The van der Waals surface area contributed by atoms with E-state index in [1.54, 1.807) is 13.1 Å². The van der Waals surface area contributed by atoms with Crippen LogP contribution in [0.5, 0.6) is 0 Å². The third-order valence-corrected chi connectivity index (χ3v) is 5.48. The summed E-state index contributed by atoms with van der Waals surface area (Å²) in [6.45, 7) is 9.24. The van der Waals surface area contributed by atoms with Gasteiger partial charge in [0.2, 0.25) is 0 Å². The summed E-state index contributed by atoms with van der Waals surface area (Å²) in [6.07, 6.45) is -4.33. The van der Waals surface area contributed by atoms with Crippen molar-refractivity contribution in [3.63, 3.8) is 0 Å². The fraction of sp³-hybridized carbons (Fsp3) is 0.524. The lowest BCUT2D eigenvalue weighted by Gasteiger charge is -2.38. The summed E-state index contributed by atoms with van der Waals surface area (Å²) < 4.78 is 44.2. The predicted molar refractivity (Wildman–Crippen MR) is 111 cm³/mol. The Morgan fingerprint density at radius 3 is 2.50 bits per heavy atom. The number of aliphatic imine (C=N–C) groups is 1. The van der Waals surface area contributed by atoms with Gasteiger partial charge in [0, 0.05) is 56.9 Å². The molecule has 1 aliphatic heterocycles. The van der Waals surface area contributed by atoms with Crippen molar-refractivity contribution in [2.24, 2.45) is 4.99 Å². The summed E-state index contributed by atoms with van der Waals surface area (Å²) in [5.41, 5.74) is 1.98. The quantitative estimate of drug-likeness (QED) is 0.599. The number of rotatable bonds is 4. The van der Waals surface area contributed by atoms with E-state index >= 15 is 0 Å². The third-order valence-electron chi connectivity index (χ3n) is 5.48. The summed E-state index contributed by atoms with van der Waals surface area (Å²) in [4.78, 5) is 8.49. The zero-order chi connectivity index (χ0) is 21.9. The van der Waals surface area contributed by atoms with Crippen molar-refractivity contribution in [2.45, 2.75) is 32.9 Å². The number of benzene rings is 1.